The zero-order valence-corrected chi connectivity index (χ0v) is 6.07. The van der Waals surface area contributed by atoms with Gasteiger partial charge in [-0.05, 0) is 6.07 Å². The SMILES string of the molecule is N[C@H](CO)c1ccccc1O. The Bertz CT molecular complexity index is 237. The summed E-state index contributed by atoms with van der Waals surface area (Å²) < 4.78 is 0. The van der Waals surface area contributed by atoms with Crippen LogP contribution in [0.5, 0.6) is 5.75 Å². The first-order chi connectivity index (χ1) is 5.25. The molecule has 0 amide bonds. The Kier molecular flexibility index (Phi) is 2.46. The molecule has 0 radical (unpaired) electrons. The number of phenolic OH excluding ortho intramolecular Hbond substituents is 1. The maximum Gasteiger partial charge on any atom is 0.120 e. The molecular weight excluding hydrogens is 142 g/mol. The average molecular weight is 153 g/mol. The molecule has 1 atom stereocenters. The lowest BCUT2D eigenvalue weighted by Crippen LogP contribution is -2.14. The first-order valence-electron chi connectivity index (χ1n) is 3.40. The Morgan fingerprint density at radius 1 is 1.36 bits per heavy atom. The van der Waals surface area contributed by atoms with E-state index >= 15 is 0 Å². The Morgan fingerprint density at radius 3 is 2.55 bits per heavy atom. The number of hydrogen-bond donors (Lipinski definition) is 3. The smallest absolute Gasteiger partial charge is 0.120 e. The molecule has 0 aliphatic rings. The van der Waals surface area contributed by atoms with E-state index in [0.717, 1.165) is 0 Å². The van der Waals surface area contributed by atoms with E-state index in [1.165, 1.54) is 0 Å². The third kappa shape index (κ3) is 1.69. The number of rotatable bonds is 2. The summed E-state index contributed by atoms with van der Waals surface area (Å²) in [6.07, 6.45) is 0. The van der Waals surface area contributed by atoms with E-state index < -0.39 is 6.04 Å². The Morgan fingerprint density at radius 2 is 2.00 bits per heavy atom. The molecule has 0 bridgehead atoms. The molecule has 0 saturated carbocycles. The van der Waals surface area contributed by atoms with Crippen molar-refractivity contribution < 1.29 is 10.2 Å². The second-order valence-electron chi connectivity index (χ2n) is 2.35. The molecule has 0 aliphatic carbocycles. The van der Waals surface area contributed by atoms with Crippen LogP contribution in [0.1, 0.15) is 11.6 Å². The van der Waals surface area contributed by atoms with Gasteiger partial charge < -0.3 is 15.9 Å². The van der Waals surface area contributed by atoms with E-state index in [2.05, 4.69) is 0 Å². The molecule has 1 aromatic carbocycles. The molecule has 3 heteroatoms. The Balaban J connectivity index is 2.93. The van der Waals surface area contributed by atoms with Crippen molar-refractivity contribution in [2.45, 2.75) is 6.04 Å². The van der Waals surface area contributed by atoms with Crippen LogP contribution in [-0.4, -0.2) is 16.8 Å². The van der Waals surface area contributed by atoms with Crippen LogP contribution >= 0.6 is 0 Å². The van der Waals surface area contributed by atoms with Gasteiger partial charge in [-0.25, -0.2) is 0 Å². The van der Waals surface area contributed by atoms with E-state index in [-0.39, 0.29) is 12.4 Å². The molecule has 0 spiro atoms. The van der Waals surface area contributed by atoms with Crippen LogP contribution in [0, 0.1) is 0 Å². The van der Waals surface area contributed by atoms with Crippen molar-refractivity contribution in [1.29, 1.82) is 0 Å². The summed E-state index contributed by atoms with van der Waals surface area (Å²) in [5, 5.41) is 17.9. The number of aliphatic hydroxyl groups excluding tert-OH is 1. The summed E-state index contributed by atoms with van der Waals surface area (Å²) in [6.45, 7) is -0.155. The van der Waals surface area contributed by atoms with Crippen LogP contribution < -0.4 is 5.73 Å². The summed E-state index contributed by atoms with van der Waals surface area (Å²) in [4.78, 5) is 0. The lowest BCUT2D eigenvalue weighted by atomic mass is 10.1. The molecule has 11 heavy (non-hydrogen) atoms. The maximum atomic E-state index is 9.22. The monoisotopic (exact) mass is 153 g/mol. The summed E-state index contributed by atoms with van der Waals surface area (Å²) in [7, 11) is 0. The van der Waals surface area contributed by atoms with E-state index in [0.29, 0.717) is 5.56 Å². The van der Waals surface area contributed by atoms with Crippen molar-refractivity contribution in [2.75, 3.05) is 6.61 Å². The zero-order valence-electron chi connectivity index (χ0n) is 6.07. The van der Waals surface area contributed by atoms with Gasteiger partial charge in [-0.2, -0.15) is 0 Å². The third-order valence-corrected chi connectivity index (χ3v) is 1.53. The molecule has 3 nitrogen and oxygen atoms in total. The van der Waals surface area contributed by atoms with Crippen molar-refractivity contribution in [3.63, 3.8) is 0 Å². The Hall–Kier alpha value is -1.06. The van der Waals surface area contributed by atoms with Crippen molar-refractivity contribution in [1.82, 2.24) is 0 Å². The van der Waals surface area contributed by atoms with E-state index in [1.54, 1.807) is 24.3 Å². The van der Waals surface area contributed by atoms with Crippen LogP contribution in [0.4, 0.5) is 0 Å². The highest BCUT2D eigenvalue weighted by atomic mass is 16.3. The number of nitrogens with two attached hydrogens (primary N) is 1. The normalized spacial score (nSPS) is 12.9. The molecule has 0 fully saturated rings. The molecule has 0 aliphatic heterocycles. The molecule has 0 heterocycles. The minimum absolute atomic E-state index is 0.133. The second kappa shape index (κ2) is 3.37. The zero-order chi connectivity index (χ0) is 8.27. The highest BCUT2D eigenvalue weighted by Gasteiger charge is 2.07. The van der Waals surface area contributed by atoms with Crippen molar-refractivity contribution >= 4 is 0 Å². The first-order valence-corrected chi connectivity index (χ1v) is 3.40. The fourth-order valence-corrected chi connectivity index (χ4v) is 0.899. The largest absolute Gasteiger partial charge is 0.508 e. The minimum Gasteiger partial charge on any atom is -0.508 e. The average Bonchev–Trinajstić information content (AvgIpc) is 2.04. The quantitative estimate of drug-likeness (QED) is 0.575. The van der Waals surface area contributed by atoms with Gasteiger partial charge in [0.1, 0.15) is 5.75 Å². The predicted octanol–water partition coefficient (Wildman–Crippen LogP) is 0.384. The molecule has 0 aromatic heterocycles. The third-order valence-electron chi connectivity index (χ3n) is 1.53. The number of para-hydroxylation sites is 1. The van der Waals surface area contributed by atoms with Gasteiger partial charge >= 0.3 is 0 Å². The molecule has 0 unspecified atom stereocenters. The van der Waals surface area contributed by atoms with E-state index in [9.17, 15) is 5.11 Å². The van der Waals surface area contributed by atoms with Gasteiger partial charge in [0.25, 0.3) is 0 Å². The molecule has 4 N–H and O–H groups in total. The van der Waals surface area contributed by atoms with Gasteiger partial charge in [0.2, 0.25) is 0 Å². The van der Waals surface area contributed by atoms with Crippen molar-refractivity contribution in [3.05, 3.63) is 29.8 Å². The lowest BCUT2D eigenvalue weighted by Gasteiger charge is -2.09. The van der Waals surface area contributed by atoms with E-state index in [4.69, 9.17) is 10.8 Å². The van der Waals surface area contributed by atoms with Gasteiger partial charge in [0.05, 0.1) is 12.6 Å². The fourth-order valence-electron chi connectivity index (χ4n) is 0.899. The number of phenols is 1. The van der Waals surface area contributed by atoms with E-state index in [1.807, 2.05) is 0 Å². The predicted molar refractivity (Wildman–Crippen MR) is 42.1 cm³/mol. The molecule has 1 aromatic rings. The Labute approximate surface area is 65.1 Å². The van der Waals surface area contributed by atoms with Gasteiger partial charge in [-0.3, -0.25) is 0 Å². The number of hydrogen-bond acceptors (Lipinski definition) is 3. The second-order valence-corrected chi connectivity index (χ2v) is 2.35. The van der Waals surface area contributed by atoms with Crippen LogP contribution in [0.2, 0.25) is 0 Å². The van der Waals surface area contributed by atoms with Crippen molar-refractivity contribution in [2.24, 2.45) is 5.73 Å². The summed E-state index contributed by atoms with van der Waals surface area (Å²) in [5.74, 6) is 0.133. The summed E-state index contributed by atoms with van der Waals surface area (Å²) in [5.41, 5.74) is 6.06. The first kappa shape index (κ1) is 8.04. The maximum absolute atomic E-state index is 9.22. The van der Waals surface area contributed by atoms with Gasteiger partial charge in [-0.15, -0.1) is 0 Å². The summed E-state index contributed by atoms with van der Waals surface area (Å²) in [6, 6.07) is 6.23. The molecule has 1 rings (SSSR count). The van der Waals surface area contributed by atoms with Gasteiger partial charge in [-0.1, -0.05) is 18.2 Å². The standard InChI is InChI=1S/C8H11NO2/c9-7(5-10)6-3-1-2-4-8(6)11/h1-4,7,10-11H,5,9H2/t7-/m1/s1. The van der Waals surface area contributed by atoms with Crippen LogP contribution in [-0.2, 0) is 0 Å². The molecule has 60 valence electrons. The summed E-state index contributed by atoms with van der Waals surface area (Å²) >= 11 is 0. The topological polar surface area (TPSA) is 66.5 Å². The van der Waals surface area contributed by atoms with Crippen LogP contribution in [0.3, 0.4) is 0 Å². The highest BCUT2D eigenvalue weighted by molar-refractivity contribution is 5.34. The van der Waals surface area contributed by atoms with Gasteiger partial charge in [0, 0.05) is 5.56 Å². The number of aromatic hydroxyl groups is 1. The highest BCUT2D eigenvalue weighted by Crippen LogP contribution is 2.20. The fraction of sp³-hybridized carbons (Fsp3) is 0.250. The van der Waals surface area contributed by atoms with Crippen LogP contribution in [0.15, 0.2) is 24.3 Å². The van der Waals surface area contributed by atoms with Crippen LogP contribution in [0.25, 0.3) is 0 Å². The lowest BCUT2D eigenvalue weighted by molar-refractivity contribution is 0.265. The molecule has 0 saturated heterocycles. The number of aliphatic hydroxyl groups is 1. The van der Waals surface area contributed by atoms with Crippen molar-refractivity contribution in [3.8, 4) is 5.75 Å². The molecular formula is C8H11NO2. The van der Waals surface area contributed by atoms with Gasteiger partial charge in [0.15, 0.2) is 0 Å². The minimum atomic E-state index is -0.490. The number of benzene rings is 1.